The molecule has 1 aliphatic carbocycles. The monoisotopic (exact) mass is 441 g/mol. The van der Waals surface area contributed by atoms with Gasteiger partial charge in [-0.2, -0.15) is 0 Å². The molecule has 0 N–H and O–H groups in total. The summed E-state index contributed by atoms with van der Waals surface area (Å²) in [5, 5.41) is 0. The lowest BCUT2D eigenvalue weighted by Crippen LogP contribution is -2.49. The molecular weight excluding hydrogens is 409 g/mol. The Hall–Kier alpha value is -2.91. The van der Waals surface area contributed by atoms with Gasteiger partial charge in [0.2, 0.25) is 0 Å². The smallest absolute Gasteiger partial charge is 0.119 e. The van der Waals surface area contributed by atoms with E-state index in [9.17, 15) is 4.39 Å². The maximum atomic E-state index is 12.6. The normalized spacial score (nSPS) is 18.7. The van der Waals surface area contributed by atoms with Crippen molar-refractivity contribution in [3.05, 3.63) is 101 Å². The molecule has 1 saturated heterocycles. The van der Waals surface area contributed by atoms with E-state index in [2.05, 4.69) is 91.5 Å². The molecule has 0 bridgehead atoms. The van der Waals surface area contributed by atoms with Gasteiger partial charge in [-0.25, -0.2) is 0 Å². The third kappa shape index (κ3) is 4.60. The van der Waals surface area contributed by atoms with Crippen LogP contribution in [0.5, 0.6) is 5.75 Å². The lowest BCUT2D eigenvalue weighted by molar-refractivity contribution is 0.0668. The van der Waals surface area contributed by atoms with Gasteiger partial charge in [0.15, 0.2) is 0 Å². The molecule has 170 valence electrons. The summed E-state index contributed by atoms with van der Waals surface area (Å²) in [7, 11) is 0. The van der Waals surface area contributed by atoms with Crippen LogP contribution in [0, 0.1) is 12.8 Å². The SMILES string of the molecule is CC1=C(c2cccc(C)c2)[C@H](c2ccc(OCCN3CC(CF)C3)cc2)Cc2ccccc21. The van der Waals surface area contributed by atoms with Crippen molar-refractivity contribution in [2.45, 2.75) is 26.2 Å². The van der Waals surface area contributed by atoms with Gasteiger partial charge in [-0.05, 0) is 65.8 Å². The highest BCUT2D eigenvalue weighted by molar-refractivity contribution is 5.95. The van der Waals surface area contributed by atoms with Crippen LogP contribution < -0.4 is 4.74 Å². The van der Waals surface area contributed by atoms with Crippen molar-refractivity contribution in [3.63, 3.8) is 0 Å². The number of allylic oxidation sites excluding steroid dienone is 2. The van der Waals surface area contributed by atoms with Crippen molar-refractivity contribution >= 4 is 11.1 Å². The van der Waals surface area contributed by atoms with Crippen LogP contribution in [0.15, 0.2) is 72.8 Å². The van der Waals surface area contributed by atoms with Crippen molar-refractivity contribution < 1.29 is 9.13 Å². The summed E-state index contributed by atoms with van der Waals surface area (Å²) >= 11 is 0. The highest BCUT2D eigenvalue weighted by Crippen LogP contribution is 2.45. The summed E-state index contributed by atoms with van der Waals surface area (Å²) in [6, 6.07) is 26.3. The fraction of sp³-hybridized carbons (Fsp3) is 0.333. The third-order valence-corrected chi connectivity index (χ3v) is 7.14. The van der Waals surface area contributed by atoms with Gasteiger partial charge < -0.3 is 4.74 Å². The maximum absolute atomic E-state index is 12.6. The molecule has 5 rings (SSSR count). The van der Waals surface area contributed by atoms with E-state index in [1.165, 1.54) is 39.0 Å². The fourth-order valence-corrected chi connectivity index (χ4v) is 5.35. The quantitative estimate of drug-likeness (QED) is 0.412. The van der Waals surface area contributed by atoms with Crippen molar-refractivity contribution in [2.24, 2.45) is 5.92 Å². The molecular formula is C30H32FNO. The second-order valence-electron chi connectivity index (χ2n) is 9.52. The number of aryl methyl sites for hydroxylation is 1. The minimum absolute atomic E-state index is 0.205. The summed E-state index contributed by atoms with van der Waals surface area (Å²) in [6.07, 6.45) is 1.00. The molecule has 3 aromatic rings. The Balaban J connectivity index is 1.36. The molecule has 1 heterocycles. The summed E-state index contributed by atoms with van der Waals surface area (Å²) in [4.78, 5) is 2.25. The predicted octanol–water partition coefficient (Wildman–Crippen LogP) is 6.55. The first-order valence-corrected chi connectivity index (χ1v) is 12.0. The fourth-order valence-electron chi connectivity index (χ4n) is 5.35. The number of nitrogens with zero attached hydrogens (tertiary/aromatic N) is 1. The van der Waals surface area contributed by atoms with Crippen LogP contribution in [0.1, 0.15) is 40.7 Å². The van der Waals surface area contributed by atoms with Gasteiger partial charge in [0, 0.05) is 31.5 Å². The molecule has 2 nitrogen and oxygen atoms in total. The first-order valence-electron chi connectivity index (χ1n) is 12.0. The van der Waals surface area contributed by atoms with E-state index in [1.54, 1.807) is 0 Å². The summed E-state index contributed by atoms with van der Waals surface area (Å²) in [5.41, 5.74) is 9.49. The van der Waals surface area contributed by atoms with E-state index in [0.29, 0.717) is 12.5 Å². The van der Waals surface area contributed by atoms with E-state index in [-0.39, 0.29) is 12.6 Å². The number of rotatable bonds is 7. The molecule has 1 aliphatic heterocycles. The van der Waals surface area contributed by atoms with Crippen molar-refractivity contribution in [2.75, 3.05) is 32.9 Å². The van der Waals surface area contributed by atoms with E-state index >= 15 is 0 Å². The maximum Gasteiger partial charge on any atom is 0.119 e. The lowest BCUT2D eigenvalue weighted by Gasteiger charge is -2.37. The van der Waals surface area contributed by atoms with Gasteiger partial charge in [0.1, 0.15) is 12.4 Å². The molecule has 1 fully saturated rings. The lowest BCUT2D eigenvalue weighted by atomic mass is 9.73. The molecule has 0 saturated carbocycles. The van der Waals surface area contributed by atoms with Gasteiger partial charge in [-0.1, -0.05) is 66.2 Å². The van der Waals surface area contributed by atoms with Gasteiger partial charge >= 0.3 is 0 Å². The zero-order chi connectivity index (χ0) is 22.8. The Morgan fingerprint density at radius 3 is 2.48 bits per heavy atom. The van der Waals surface area contributed by atoms with Gasteiger partial charge in [0.05, 0.1) is 6.67 Å². The Morgan fingerprint density at radius 1 is 0.939 bits per heavy atom. The molecule has 0 amide bonds. The molecule has 0 spiro atoms. The molecule has 1 atom stereocenters. The number of alkyl halides is 1. The van der Waals surface area contributed by atoms with E-state index < -0.39 is 0 Å². The highest BCUT2D eigenvalue weighted by Gasteiger charge is 2.28. The number of fused-ring (bicyclic) bond motifs is 1. The van der Waals surface area contributed by atoms with Crippen LogP contribution in [0.2, 0.25) is 0 Å². The number of benzene rings is 3. The Morgan fingerprint density at radius 2 is 1.73 bits per heavy atom. The molecule has 3 heteroatoms. The van der Waals surface area contributed by atoms with Crippen molar-refractivity contribution in [1.82, 2.24) is 4.90 Å². The van der Waals surface area contributed by atoms with Gasteiger partial charge in [-0.3, -0.25) is 9.29 Å². The number of hydrogen-bond acceptors (Lipinski definition) is 2. The minimum Gasteiger partial charge on any atom is -0.492 e. The minimum atomic E-state index is -0.205. The molecule has 3 aromatic carbocycles. The van der Waals surface area contributed by atoms with Crippen LogP contribution in [-0.4, -0.2) is 37.8 Å². The van der Waals surface area contributed by atoms with Crippen LogP contribution in [0.4, 0.5) is 4.39 Å². The first kappa shape index (κ1) is 21.9. The van der Waals surface area contributed by atoms with Crippen molar-refractivity contribution in [1.29, 1.82) is 0 Å². The largest absolute Gasteiger partial charge is 0.492 e. The van der Waals surface area contributed by atoms with Crippen LogP contribution in [0.3, 0.4) is 0 Å². The summed E-state index contributed by atoms with van der Waals surface area (Å²) in [5.74, 6) is 1.44. The summed E-state index contributed by atoms with van der Waals surface area (Å²) in [6.45, 7) is 7.44. The summed E-state index contributed by atoms with van der Waals surface area (Å²) < 4.78 is 18.6. The zero-order valence-electron chi connectivity index (χ0n) is 19.6. The average molecular weight is 442 g/mol. The number of halogens is 1. The van der Waals surface area contributed by atoms with E-state index in [1.807, 2.05) is 0 Å². The standard InChI is InChI=1S/C30H32FNO/c1-21-6-5-8-26(16-21)30-22(2)28-9-4-3-7-25(28)17-29(30)24-10-12-27(13-11-24)33-15-14-32-19-23(18-31)20-32/h3-13,16,23,29H,14-15,17-20H2,1-2H3/t29-/m0/s1. The van der Waals surface area contributed by atoms with Gasteiger partial charge in [0.25, 0.3) is 0 Å². The Labute approximate surface area is 196 Å². The van der Waals surface area contributed by atoms with E-state index in [4.69, 9.17) is 4.74 Å². The Kier molecular flexibility index (Phi) is 6.32. The predicted molar refractivity (Wildman–Crippen MR) is 134 cm³/mol. The highest BCUT2D eigenvalue weighted by atomic mass is 19.1. The third-order valence-electron chi connectivity index (χ3n) is 7.14. The van der Waals surface area contributed by atoms with Crippen LogP contribution in [-0.2, 0) is 6.42 Å². The molecule has 0 radical (unpaired) electrons. The first-order chi connectivity index (χ1) is 16.1. The number of likely N-dealkylation sites (tertiary alicyclic amines) is 1. The average Bonchev–Trinajstić information content (AvgIpc) is 2.81. The topological polar surface area (TPSA) is 12.5 Å². The van der Waals surface area contributed by atoms with E-state index in [0.717, 1.165) is 31.8 Å². The second-order valence-corrected chi connectivity index (χ2v) is 9.52. The molecule has 0 unspecified atom stereocenters. The Bertz CT molecular complexity index is 1140. The molecule has 33 heavy (non-hydrogen) atoms. The number of ether oxygens (including phenoxy) is 1. The second kappa shape index (κ2) is 9.52. The van der Waals surface area contributed by atoms with Gasteiger partial charge in [-0.15, -0.1) is 0 Å². The zero-order valence-corrected chi connectivity index (χ0v) is 19.6. The molecule has 0 aromatic heterocycles. The van der Waals surface area contributed by atoms with Crippen molar-refractivity contribution in [3.8, 4) is 5.75 Å². The van der Waals surface area contributed by atoms with Crippen LogP contribution in [0.25, 0.3) is 11.1 Å². The number of hydrogen-bond donors (Lipinski definition) is 0. The van der Waals surface area contributed by atoms with Crippen LogP contribution >= 0.6 is 0 Å². The molecule has 2 aliphatic rings.